The van der Waals surface area contributed by atoms with Crippen LogP contribution in [0.15, 0.2) is 36.4 Å². The van der Waals surface area contributed by atoms with E-state index in [1.165, 1.54) is 13.8 Å². The van der Waals surface area contributed by atoms with Gasteiger partial charge in [-0.15, -0.1) is 0 Å². The van der Waals surface area contributed by atoms with E-state index in [4.69, 9.17) is 9.47 Å². The second-order valence-corrected chi connectivity index (χ2v) is 10.1. The molecular formula is C29H40O7. The summed E-state index contributed by atoms with van der Waals surface area (Å²) >= 11 is 0. The zero-order valence-electron chi connectivity index (χ0n) is 22.5. The summed E-state index contributed by atoms with van der Waals surface area (Å²) in [4.78, 5) is 25.5. The smallest absolute Gasteiger partial charge is 0.316 e. The first-order valence-electron chi connectivity index (χ1n) is 12.4. The summed E-state index contributed by atoms with van der Waals surface area (Å²) in [5.41, 5.74) is 3.21. The van der Waals surface area contributed by atoms with Crippen LogP contribution in [0.1, 0.15) is 49.9 Å². The maximum Gasteiger partial charge on any atom is 0.316 e. The summed E-state index contributed by atoms with van der Waals surface area (Å²) in [5.74, 6) is -3.73. The predicted octanol–water partition coefficient (Wildman–Crippen LogP) is 4.06. The van der Waals surface area contributed by atoms with Crippen LogP contribution >= 0.6 is 0 Å². The van der Waals surface area contributed by atoms with Crippen LogP contribution in [0, 0.1) is 51.4 Å². The molecule has 0 saturated heterocycles. The molecule has 0 aliphatic heterocycles. The first kappa shape index (κ1) is 29.5. The van der Waals surface area contributed by atoms with Gasteiger partial charge in [0.25, 0.3) is 0 Å². The molecule has 0 saturated carbocycles. The first-order chi connectivity index (χ1) is 16.8. The molecule has 0 radical (unpaired) electrons. The molecule has 1 unspecified atom stereocenters. The van der Waals surface area contributed by atoms with Gasteiger partial charge in [0.05, 0.1) is 30.1 Å². The Hall–Kier alpha value is -2.74. The van der Waals surface area contributed by atoms with Crippen molar-refractivity contribution in [2.24, 2.45) is 23.7 Å². The Balaban J connectivity index is 2.04. The molecule has 198 valence electrons. The second kappa shape index (κ2) is 12.5. The van der Waals surface area contributed by atoms with Crippen LogP contribution in [0.5, 0.6) is 11.5 Å². The Morgan fingerprint density at radius 2 is 0.861 bits per heavy atom. The summed E-state index contributed by atoms with van der Waals surface area (Å²) in [6.45, 7) is 13.6. The van der Waals surface area contributed by atoms with Crippen molar-refractivity contribution >= 4 is 11.9 Å². The van der Waals surface area contributed by atoms with Crippen molar-refractivity contribution in [3.63, 3.8) is 0 Å². The SMILES string of the molecule is Cc1cccc(C)c1OC(=O)[C@@H](C)[C@@H](O)[C@H](C)C(O)[C@H](C)[C@@H](O)[C@@H](C)C(=O)Oc1c(C)cccc1C. The number of aliphatic hydroxyl groups is 3. The van der Waals surface area contributed by atoms with Crippen LogP contribution in [0.3, 0.4) is 0 Å². The van der Waals surface area contributed by atoms with Gasteiger partial charge in [0.1, 0.15) is 11.5 Å². The number of aliphatic hydroxyl groups excluding tert-OH is 3. The molecule has 0 amide bonds. The molecule has 0 aromatic heterocycles. The third kappa shape index (κ3) is 6.72. The molecule has 7 heteroatoms. The van der Waals surface area contributed by atoms with Crippen molar-refractivity contribution in [1.29, 1.82) is 0 Å². The Bertz CT molecular complexity index is 940. The van der Waals surface area contributed by atoms with E-state index in [9.17, 15) is 24.9 Å². The third-order valence-electron chi connectivity index (χ3n) is 7.15. The molecule has 2 aromatic carbocycles. The summed E-state index contributed by atoms with van der Waals surface area (Å²) in [6.07, 6.45) is -3.66. The van der Waals surface area contributed by atoms with Crippen LogP contribution in [-0.2, 0) is 9.59 Å². The fraction of sp³-hybridized carbons (Fsp3) is 0.517. The second-order valence-electron chi connectivity index (χ2n) is 10.1. The summed E-state index contributed by atoms with van der Waals surface area (Å²) in [5, 5.41) is 32.6. The number of carbonyl (C=O) groups is 2. The van der Waals surface area contributed by atoms with Gasteiger partial charge in [0.15, 0.2) is 0 Å². The third-order valence-corrected chi connectivity index (χ3v) is 7.15. The molecule has 0 fully saturated rings. The van der Waals surface area contributed by atoms with E-state index in [2.05, 4.69) is 0 Å². The van der Waals surface area contributed by atoms with Gasteiger partial charge >= 0.3 is 11.9 Å². The fourth-order valence-corrected chi connectivity index (χ4v) is 4.38. The normalized spacial score (nSPS) is 17.3. The van der Waals surface area contributed by atoms with E-state index in [0.717, 1.165) is 22.3 Å². The lowest BCUT2D eigenvalue weighted by Gasteiger charge is -2.34. The number of para-hydroxylation sites is 2. The van der Waals surface area contributed by atoms with E-state index < -0.39 is 53.9 Å². The Labute approximate surface area is 214 Å². The van der Waals surface area contributed by atoms with E-state index in [0.29, 0.717) is 11.5 Å². The van der Waals surface area contributed by atoms with Crippen LogP contribution in [0.25, 0.3) is 0 Å². The van der Waals surface area contributed by atoms with Gasteiger partial charge in [-0.25, -0.2) is 0 Å². The van der Waals surface area contributed by atoms with Gasteiger partial charge in [-0.05, 0) is 63.8 Å². The molecule has 3 N–H and O–H groups in total. The van der Waals surface area contributed by atoms with E-state index in [1.807, 2.05) is 64.1 Å². The molecular weight excluding hydrogens is 460 g/mol. The van der Waals surface area contributed by atoms with Crippen molar-refractivity contribution in [2.45, 2.75) is 73.7 Å². The number of benzene rings is 2. The molecule has 2 rings (SSSR count). The van der Waals surface area contributed by atoms with Crippen molar-refractivity contribution < 1.29 is 34.4 Å². The molecule has 2 aromatic rings. The molecule has 0 bridgehead atoms. The largest absolute Gasteiger partial charge is 0.426 e. The molecule has 7 nitrogen and oxygen atoms in total. The molecule has 36 heavy (non-hydrogen) atoms. The number of esters is 2. The average Bonchev–Trinajstić information content (AvgIpc) is 2.85. The molecule has 0 spiro atoms. The van der Waals surface area contributed by atoms with Gasteiger partial charge in [-0.1, -0.05) is 50.2 Å². The number of hydrogen-bond acceptors (Lipinski definition) is 7. The summed E-state index contributed by atoms with van der Waals surface area (Å²) < 4.78 is 11.1. The van der Waals surface area contributed by atoms with Gasteiger partial charge in [-0.2, -0.15) is 0 Å². The Morgan fingerprint density at radius 3 is 1.14 bits per heavy atom. The number of rotatable bonds is 10. The summed E-state index contributed by atoms with van der Waals surface area (Å²) in [6, 6.07) is 11.1. The average molecular weight is 501 g/mol. The zero-order chi connectivity index (χ0) is 27.3. The van der Waals surface area contributed by atoms with Crippen molar-refractivity contribution in [3.05, 3.63) is 58.7 Å². The number of hydrogen-bond donors (Lipinski definition) is 3. The lowest BCUT2D eigenvalue weighted by molar-refractivity contribution is -0.147. The maximum absolute atomic E-state index is 12.7. The lowest BCUT2D eigenvalue weighted by Crippen LogP contribution is -2.46. The van der Waals surface area contributed by atoms with Crippen LogP contribution in [-0.4, -0.2) is 45.6 Å². The highest BCUT2D eigenvalue weighted by molar-refractivity contribution is 5.77. The van der Waals surface area contributed by atoms with Gasteiger partial charge in [-0.3, -0.25) is 9.59 Å². The highest BCUT2D eigenvalue weighted by Gasteiger charge is 2.39. The molecule has 7 atom stereocenters. The molecule has 0 aliphatic rings. The van der Waals surface area contributed by atoms with E-state index in [-0.39, 0.29) is 0 Å². The first-order valence-corrected chi connectivity index (χ1v) is 12.4. The lowest BCUT2D eigenvalue weighted by atomic mass is 9.79. The number of aryl methyl sites for hydroxylation is 4. The minimum absolute atomic E-state index is 0.453. The topological polar surface area (TPSA) is 113 Å². The molecule has 0 heterocycles. The molecule has 0 aliphatic carbocycles. The number of carbonyl (C=O) groups excluding carboxylic acids is 2. The van der Waals surface area contributed by atoms with Crippen LogP contribution in [0.4, 0.5) is 0 Å². The monoisotopic (exact) mass is 500 g/mol. The maximum atomic E-state index is 12.7. The fourth-order valence-electron chi connectivity index (χ4n) is 4.38. The van der Waals surface area contributed by atoms with Crippen molar-refractivity contribution in [1.82, 2.24) is 0 Å². The standard InChI is InChI=1S/C29H40O7/c1-15-11-9-12-16(2)26(15)35-28(33)21(7)24(31)19(5)23(30)20(6)25(32)22(8)29(34)36-27-17(3)13-10-14-18(27)4/h9-14,19-25,30-32H,1-8H3/t19-,20+,21+,22-,23?,24+,25-. The zero-order valence-corrected chi connectivity index (χ0v) is 22.5. The quantitative estimate of drug-likeness (QED) is 0.333. The van der Waals surface area contributed by atoms with Gasteiger partial charge < -0.3 is 24.8 Å². The van der Waals surface area contributed by atoms with E-state index in [1.54, 1.807) is 13.8 Å². The van der Waals surface area contributed by atoms with Gasteiger partial charge in [0.2, 0.25) is 0 Å². The number of ether oxygens (including phenoxy) is 2. The van der Waals surface area contributed by atoms with Crippen LogP contribution in [0.2, 0.25) is 0 Å². The van der Waals surface area contributed by atoms with Gasteiger partial charge in [0, 0.05) is 11.8 Å². The van der Waals surface area contributed by atoms with Crippen molar-refractivity contribution in [3.8, 4) is 11.5 Å². The summed E-state index contributed by atoms with van der Waals surface area (Å²) in [7, 11) is 0. The highest BCUT2D eigenvalue weighted by atomic mass is 16.5. The highest BCUT2D eigenvalue weighted by Crippen LogP contribution is 2.30. The minimum Gasteiger partial charge on any atom is -0.426 e. The Morgan fingerprint density at radius 1 is 0.583 bits per heavy atom. The predicted molar refractivity (Wildman–Crippen MR) is 138 cm³/mol. The van der Waals surface area contributed by atoms with Crippen molar-refractivity contribution in [2.75, 3.05) is 0 Å². The minimum atomic E-state index is -1.23. The Kier molecular flexibility index (Phi) is 10.2. The van der Waals surface area contributed by atoms with Crippen LogP contribution < -0.4 is 9.47 Å². The van der Waals surface area contributed by atoms with E-state index >= 15 is 0 Å².